The fourth-order valence-electron chi connectivity index (χ4n) is 2.29. The molecule has 2 heterocycles. The molecule has 3 aromatic rings. The first-order chi connectivity index (χ1) is 10.1. The van der Waals surface area contributed by atoms with Crippen molar-refractivity contribution in [3.8, 4) is 0 Å². The molecule has 0 unspecified atom stereocenters. The van der Waals surface area contributed by atoms with Gasteiger partial charge in [-0.05, 0) is 30.3 Å². The first-order valence-electron chi connectivity index (χ1n) is 6.45. The quantitative estimate of drug-likeness (QED) is 0.775. The van der Waals surface area contributed by atoms with Gasteiger partial charge in [0.2, 0.25) is 0 Å². The number of imidazole rings is 1. The monoisotopic (exact) mass is 282 g/mol. The highest BCUT2D eigenvalue weighted by atomic mass is 16.2. The maximum absolute atomic E-state index is 12.1. The zero-order valence-electron chi connectivity index (χ0n) is 11.7. The summed E-state index contributed by atoms with van der Waals surface area (Å²) in [7, 11) is 3.43. The third kappa shape index (κ3) is 2.20. The maximum atomic E-state index is 12.1. The van der Waals surface area contributed by atoms with Crippen LogP contribution in [-0.2, 0) is 14.1 Å². The van der Waals surface area contributed by atoms with E-state index < -0.39 is 0 Å². The standard InChI is InChI=1S/C15H14N4O2/c1-18-12-4-3-11(9-13(12)19(2)15(18)21)17-14(20)10-5-7-16-8-6-10/h3-9H,1-2H3,(H,17,20). The lowest BCUT2D eigenvalue weighted by Gasteiger charge is -2.05. The van der Waals surface area contributed by atoms with Crippen molar-refractivity contribution in [2.24, 2.45) is 14.1 Å². The fourth-order valence-corrected chi connectivity index (χ4v) is 2.29. The van der Waals surface area contributed by atoms with E-state index in [1.165, 1.54) is 0 Å². The topological polar surface area (TPSA) is 68.9 Å². The lowest BCUT2D eigenvalue weighted by atomic mass is 10.2. The van der Waals surface area contributed by atoms with Crippen LogP contribution in [0.4, 0.5) is 5.69 Å². The molecule has 0 bridgehead atoms. The van der Waals surface area contributed by atoms with E-state index >= 15 is 0 Å². The molecule has 0 atom stereocenters. The number of fused-ring (bicyclic) bond motifs is 1. The van der Waals surface area contributed by atoms with Crippen molar-refractivity contribution < 1.29 is 4.79 Å². The molecule has 0 spiro atoms. The minimum absolute atomic E-state index is 0.0948. The number of amides is 1. The summed E-state index contributed by atoms with van der Waals surface area (Å²) in [6, 6.07) is 8.67. The second kappa shape index (κ2) is 4.90. The normalized spacial score (nSPS) is 10.8. The van der Waals surface area contributed by atoms with Crippen LogP contribution in [0.5, 0.6) is 0 Å². The molecule has 6 nitrogen and oxygen atoms in total. The molecule has 1 aromatic carbocycles. The van der Waals surface area contributed by atoms with Gasteiger partial charge in [0.1, 0.15) is 0 Å². The van der Waals surface area contributed by atoms with E-state index in [0.29, 0.717) is 11.3 Å². The van der Waals surface area contributed by atoms with Crippen LogP contribution in [0.15, 0.2) is 47.5 Å². The van der Waals surface area contributed by atoms with Crippen LogP contribution in [0, 0.1) is 0 Å². The van der Waals surface area contributed by atoms with Crippen molar-refractivity contribution in [1.82, 2.24) is 14.1 Å². The van der Waals surface area contributed by atoms with E-state index in [0.717, 1.165) is 11.0 Å². The van der Waals surface area contributed by atoms with Gasteiger partial charge >= 0.3 is 5.69 Å². The Morgan fingerprint density at radius 1 is 1.05 bits per heavy atom. The second-order valence-corrected chi connectivity index (χ2v) is 4.79. The molecular formula is C15H14N4O2. The van der Waals surface area contributed by atoms with E-state index in [4.69, 9.17) is 0 Å². The van der Waals surface area contributed by atoms with E-state index in [-0.39, 0.29) is 11.6 Å². The molecular weight excluding hydrogens is 268 g/mol. The van der Waals surface area contributed by atoms with Gasteiger partial charge in [-0.3, -0.25) is 18.9 Å². The van der Waals surface area contributed by atoms with Crippen molar-refractivity contribution in [1.29, 1.82) is 0 Å². The molecule has 0 radical (unpaired) electrons. The summed E-state index contributed by atoms with van der Waals surface area (Å²) in [5.41, 5.74) is 2.68. The Morgan fingerprint density at radius 3 is 2.43 bits per heavy atom. The van der Waals surface area contributed by atoms with Gasteiger partial charge in [-0.1, -0.05) is 0 Å². The molecule has 1 N–H and O–H groups in total. The zero-order chi connectivity index (χ0) is 15.0. The van der Waals surface area contributed by atoms with Gasteiger partial charge in [0, 0.05) is 37.7 Å². The first kappa shape index (κ1) is 13.1. The van der Waals surface area contributed by atoms with E-state index in [2.05, 4.69) is 10.3 Å². The van der Waals surface area contributed by atoms with Gasteiger partial charge in [-0.2, -0.15) is 0 Å². The smallest absolute Gasteiger partial charge is 0.322 e. The zero-order valence-corrected chi connectivity index (χ0v) is 11.7. The molecule has 0 fully saturated rings. The summed E-state index contributed by atoms with van der Waals surface area (Å²) in [5, 5.41) is 2.81. The number of nitrogens with one attached hydrogen (secondary N) is 1. The highest BCUT2D eigenvalue weighted by Gasteiger charge is 2.10. The second-order valence-electron chi connectivity index (χ2n) is 4.79. The average Bonchev–Trinajstić information content (AvgIpc) is 2.73. The number of hydrogen-bond donors (Lipinski definition) is 1. The molecule has 0 aliphatic carbocycles. The van der Waals surface area contributed by atoms with Crippen molar-refractivity contribution >= 4 is 22.6 Å². The van der Waals surface area contributed by atoms with Crippen LogP contribution < -0.4 is 11.0 Å². The third-order valence-electron chi connectivity index (χ3n) is 3.47. The van der Waals surface area contributed by atoms with Crippen molar-refractivity contribution in [2.45, 2.75) is 0 Å². The Balaban J connectivity index is 1.97. The van der Waals surface area contributed by atoms with Crippen LogP contribution in [0.2, 0.25) is 0 Å². The first-order valence-corrected chi connectivity index (χ1v) is 6.45. The summed E-state index contributed by atoms with van der Waals surface area (Å²) in [6.07, 6.45) is 3.14. The molecule has 0 saturated heterocycles. The number of rotatable bonds is 2. The lowest BCUT2D eigenvalue weighted by molar-refractivity contribution is 0.102. The number of aryl methyl sites for hydroxylation is 2. The molecule has 0 aliphatic rings. The number of nitrogens with zero attached hydrogens (tertiary/aromatic N) is 3. The number of anilines is 1. The average molecular weight is 282 g/mol. The van der Waals surface area contributed by atoms with Crippen LogP contribution in [0.25, 0.3) is 11.0 Å². The predicted octanol–water partition coefficient (Wildman–Crippen LogP) is 1.52. The Hall–Kier alpha value is -2.89. The largest absolute Gasteiger partial charge is 0.328 e. The van der Waals surface area contributed by atoms with Crippen LogP contribution in [0.1, 0.15) is 10.4 Å². The van der Waals surface area contributed by atoms with Gasteiger partial charge in [-0.15, -0.1) is 0 Å². The summed E-state index contributed by atoms with van der Waals surface area (Å²) < 4.78 is 3.13. The highest BCUT2D eigenvalue weighted by molar-refractivity contribution is 6.04. The van der Waals surface area contributed by atoms with E-state index in [9.17, 15) is 9.59 Å². The van der Waals surface area contributed by atoms with E-state index in [1.54, 1.807) is 59.9 Å². The predicted molar refractivity (Wildman–Crippen MR) is 80.4 cm³/mol. The third-order valence-corrected chi connectivity index (χ3v) is 3.47. The Kier molecular flexibility index (Phi) is 3.06. The lowest BCUT2D eigenvalue weighted by Crippen LogP contribution is -2.19. The van der Waals surface area contributed by atoms with Crippen LogP contribution in [-0.4, -0.2) is 20.0 Å². The molecule has 21 heavy (non-hydrogen) atoms. The minimum atomic E-state index is -0.210. The molecule has 0 saturated carbocycles. The summed E-state index contributed by atoms with van der Waals surface area (Å²) >= 11 is 0. The van der Waals surface area contributed by atoms with Gasteiger partial charge in [0.25, 0.3) is 5.91 Å². The molecule has 3 rings (SSSR count). The number of carbonyl (C=O) groups excluding carboxylic acids is 1. The fraction of sp³-hybridized carbons (Fsp3) is 0.133. The Morgan fingerprint density at radius 2 is 1.71 bits per heavy atom. The summed E-state index contributed by atoms with van der Waals surface area (Å²) in [4.78, 5) is 27.8. The Labute approximate surface area is 120 Å². The number of carbonyl (C=O) groups is 1. The van der Waals surface area contributed by atoms with Gasteiger partial charge < -0.3 is 5.32 Å². The van der Waals surface area contributed by atoms with Gasteiger partial charge in [-0.25, -0.2) is 4.79 Å². The molecule has 0 aliphatic heterocycles. The highest BCUT2D eigenvalue weighted by Crippen LogP contribution is 2.18. The Bertz CT molecular complexity index is 878. The SMILES string of the molecule is Cn1c(=O)n(C)c2cc(NC(=O)c3ccncc3)ccc21. The maximum Gasteiger partial charge on any atom is 0.328 e. The van der Waals surface area contributed by atoms with Gasteiger partial charge in [0.05, 0.1) is 11.0 Å². The molecule has 106 valence electrons. The van der Waals surface area contributed by atoms with Crippen molar-refractivity contribution in [3.05, 3.63) is 58.8 Å². The number of pyridine rings is 1. The van der Waals surface area contributed by atoms with Crippen molar-refractivity contribution in [2.75, 3.05) is 5.32 Å². The summed E-state index contributed by atoms with van der Waals surface area (Å²) in [5.74, 6) is -0.210. The number of aromatic nitrogens is 3. The van der Waals surface area contributed by atoms with Gasteiger partial charge in [0.15, 0.2) is 0 Å². The number of hydrogen-bond acceptors (Lipinski definition) is 3. The summed E-state index contributed by atoms with van der Waals surface area (Å²) in [6.45, 7) is 0. The number of benzene rings is 1. The van der Waals surface area contributed by atoms with Crippen LogP contribution in [0.3, 0.4) is 0 Å². The van der Waals surface area contributed by atoms with Crippen molar-refractivity contribution in [3.63, 3.8) is 0 Å². The molecule has 1 amide bonds. The van der Waals surface area contributed by atoms with Crippen LogP contribution >= 0.6 is 0 Å². The molecule has 6 heteroatoms. The minimum Gasteiger partial charge on any atom is -0.322 e. The molecule has 2 aromatic heterocycles. The van der Waals surface area contributed by atoms with E-state index in [1.807, 2.05) is 6.07 Å².